The number of ether oxygens (including phenoxy) is 2. The molecular formula is C28H25ClN2O6. The van der Waals surface area contributed by atoms with E-state index in [1.54, 1.807) is 37.4 Å². The smallest absolute Gasteiger partial charge is 0.347 e. The number of aromatic nitrogens is 1. The zero-order chi connectivity index (χ0) is 26.8. The van der Waals surface area contributed by atoms with E-state index in [-0.39, 0.29) is 11.2 Å². The maximum absolute atomic E-state index is 11.9. The molecule has 0 saturated heterocycles. The molecule has 1 heterocycles. The van der Waals surface area contributed by atoms with E-state index in [2.05, 4.69) is 19.8 Å². The number of alkyl halides is 1. The van der Waals surface area contributed by atoms with E-state index in [0.717, 1.165) is 16.8 Å². The van der Waals surface area contributed by atoms with Gasteiger partial charge in [-0.3, -0.25) is 0 Å². The largest absolute Gasteiger partial charge is 0.465 e. The molecule has 3 aromatic carbocycles. The van der Waals surface area contributed by atoms with Gasteiger partial charge in [-0.15, -0.1) is 11.6 Å². The molecule has 0 aliphatic rings. The summed E-state index contributed by atoms with van der Waals surface area (Å²) in [6, 6.07) is 21.8. The summed E-state index contributed by atoms with van der Waals surface area (Å²) < 4.78 is 14.3. The summed E-state index contributed by atoms with van der Waals surface area (Å²) in [5.74, 6) is -0.668. The Bertz CT molecular complexity index is 1440. The van der Waals surface area contributed by atoms with Gasteiger partial charge in [-0.1, -0.05) is 36.4 Å². The summed E-state index contributed by atoms with van der Waals surface area (Å²) in [6.45, 7) is 0. The fourth-order valence-electron chi connectivity index (χ4n) is 3.21. The third-order valence-electron chi connectivity index (χ3n) is 5.21. The number of methoxy groups -OCH3 is 2. The van der Waals surface area contributed by atoms with Gasteiger partial charge in [-0.2, -0.15) is 0 Å². The Morgan fingerprint density at radius 3 is 2.14 bits per heavy atom. The minimum atomic E-state index is -0.723. The third-order valence-corrected chi connectivity index (χ3v) is 5.52. The minimum Gasteiger partial charge on any atom is -0.465 e. The summed E-state index contributed by atoms with van der Waals surface area (Å²) in [5, 5.41) is 3.46. The molecule has 0 atom stereocenters. The second-order valence-electron chi connectivity index (χ2n) is 7.57. The predicted octanol–water partition coefficient (Wildman–Crippen LogP) is 5.05. The van der Waals surface area contributed by atoms with Gasteiger partial charge in [0.2, 0.25) is 5.89 Å². The van der Waals surface area contributed by atoms with Crippen LogP contribution in [0.2, 0.25) is 0 Å². The van der Waals surface area contributed by atoms with Crippen molar-refractivity contribution >= 4 is 46.2 Å². The van der Waals surface area contributed by atoms with Gasteiger partial charge in [-0.05, 0) is 53.6 Å². The van der Waals surface area contributed by atoms with Crippen molar-refractivity contribution in [1.29, 1.82) is 0 Å². The molecule has 37 heavy (non-hydrogen) atoms. The van der Waals surface area contributed by atoms with Crippen LogP contribution in [0, 0.1) is 0 Å². The number of hydrogen-bond acceptors (Lipinski definition) is 8. The van der Waals surface area contributed by atoms with Gasteiger partial charge in [0.1, 0.15) is 5.57 Å². The summed E-state index contributed by atoms with van der Waals surface area (Å²) >= 11 is 5.74. The van der Waals surface area contributed by atoms with E-state index in [4.69, 9.17) is 16.0 Å². The molecule has 0 unspecified atom stereocenters. The van der Waals surface area contributed by atoms with Crippen LogP contribution in [0.1, 0.15) is 11.1 Å². The molecule has 190 valence electrons. The molecule has 9 heteroatoms. The van der Waals surface area contributed by atoms with Gasteiger partial charge in [0.05, 0.1) is 25.1 Å². The first-order valence-corrected chi connectivity index (χ1v) is 11.6. The Morgan fingerprint density at radius 2 is 1.57 bits per heavy atom. The lowest BCUT2D eigenvalue weighted by Crippen LogP contribution is -2.15. The lowest BCUT2D eigenvalue weighted by molar-refractivity contribution is -0.143. The highest BCUT2D eigenvalue weighted by atomic mass is 35.5. The SMILES string of the molecule is CNc1ccc(C=C(C(=O)OC)C(=O)OC)cc1.O=c1oc(-c2ccc(CCl)cc2)nc2ccccc12. The number of carbonyl (C=O) groups is 2. The summed E-state index contributed by atoms with van der Waals surface area (Å²) in [4.78, 5) is 39.1. The van der Waals surface area contributed by atoms with Crippen molar-refractivity contribution in [2.45, 2.75) is 5.88 Å². The van der Waals surface area contributed by atoms with E-state index < -0.39 is 11.9 Å². The number of benzene rings is 3. The Hall–Kier alpha value is -4.43. The number of halogens is 1. The highest BCUT2D eigenvalue weighted by Crippen LogP contribution is 2.19. The number of para-hydroxylation sites is 1. The van der Waals surface area contributed by atoms with E-state index in [1.807, 2.05) is 42.5 Å². The first kappa shape index (κ1) is 27.2. The first-order chi connectivity index (χ1) is 17.9. The number of hydrogen-bond donors (Lipinski definition) is 1. The third kappa shape index (κ3) is 7.05. The van der Waals surface area contributed by atoms with Crippen LogP contribution < -0.4 is 10.9 Å². The molecule has 0 aliphatic heterocycles. The maximum Gasteiger partial charge on any atom is 0.347 e. The fraction of sp³-hybridized carbons (Fsp3) is 0.143. The van der Waals surface area contributed by atoms with Crippen LogP contribution >= 0.6 is 11.6 Å². The molecule has 1 N–H and O–H groups in total. The van der Waals surface area contributed by atoms with Crippen LogP contribution in [0.25, 0.3) is 28.4 Å². The molecular weight excluding hydrogens is 496 g/mol. The lowest BCUT2D eigenvalue weighted by atomic mass is 10.1. The average Bonchev–Trinajstić information content (AvgIpc) is 2.95. The standard InChI is InChI=1S/C15H10ClNO2.C13H15NO4/c16-9-10-5-7-11(8-6-10)14-17-13-4-2-1-3-12(13)15(18)19-14;1-14-10-6-4-9(5-7-10)8-11(12(15)17-2)13(16)18-3/h1-8H,9H2;4-8,14H,1-3H3. The summed E-state index contributed by atoms with van der Waals surface area (Å²) in [7, 11) is 4.23. The molecule has 0 spiro atoms. The quantitative estimate of drug-likeness (QED) is 0.124. The van der Waals surface area contributed by atoms with Gasteiger partial charge in [-0.25, -0.2) is 19.4 Å². The Kier molecular flexibility index (Phi) is 9.57. The van der Waals surface area contributed by atoms with E-state index in [9.17, 15) is 14.4 Å². The first-order valence-electron chi connectivity index (χ1n) is 11.1. The van der Waals surface area contributed by atoms with Crippen LogP contribution in [0.5, 0.6) is 0 Å². The number of nitrogens with one attached hydrogen (secondary N) is 1. The monoisotopic (exact) mass is 520 g/mol. The van der Waals surface area contributed by atoms with Crippen LogP contribution in [-0.2, 0) is 24.9 Å². The number of anilines is 1. The molecule has 8 nitrogen and oxygen atoms in total. The Labute approximate surface area is 218 Å². The van der Waals surface area contributed by atoms with E-state index >= 15 is 0 Å². The molecule has 0 radical (unpaired) electrons. The van der Waals surface area contributed by atoms with Crippen LogP contribution in [0.15, 0.2) is 87.6 Å². The molecule has 0 aliphatic carbocycles. The van der Waals surface area contributed by atoms with Crippen molar-refractivity contribution in [3.63, 3.8) is 0 Å². The van der Waals surface area contributed by atoms with Crippen molar-refractivity contribution in [3.05, 3.63) is 99.9 Å². The van der Waals surface area contributed by atoms with E-state index in [0.29, 0.717) is 28.2 Å². The molecule has 0 saturated carbocycles. The van der Waals surface area contributed by atoms with Gasteiger partial charge in [0.25, 0.3) is 0 Å². The predicted molar refractivity (Wildman–Crippen MR) is 143 cm³/mol. The molecule has 4 aromatic rings. The zero-order valence-corrected chi connectivity index (χ0v) is 21.2. The van der Waals surface area contributed by atoms with Crippen molar-refractivity contribution in [2.24, 2.45) is 0 Å². The highest BCUT2D eigenvalue weighted by Gasteiger charge is 2.19. The topological polar surface area (TPSA) is 108 Å². The Balaban J connectivity index is 0.000000206. The zero-order valence-electron chi connectivity index (χ0n) is 20.5. The van der Waals surface area contributed by atoms with Crippen LogP contribution in [-0.4, -0.2) is 38.2 Å². The number of nitrogens with zero attached hydrogens (tertiary/aromatic N) is 1. The van der Waals surface area contributed by atoms with Crippen molar-refractivity contribution in [1.82, 2.24) is 4.98 Å². The lowest BCUT2D eigenvalue weighted by Gasteiger charge is -2.04. The van der Waals surface area contributed by atoms with Crippen molar-refractivity contribution in [2.75, 3.05) is 26.6 Å². The number of fused-ring (bicyclic) bond motifs is 1. The molecule has 1 aromatic heterocycles. The Morgan fingerprint density at radius 1 is 0.946 bits per heavy atom. The van der Waals surface area contributed by atoms with Gasteiger partial charge < -0.3 is 19.2 Å². The number of esters is 2. The summed E-state index contributed by atoms with van der Waals surface area (Å²) in [6.07, 6.45) is 1.43. The van der Waals surface area contributed by atoms with Gasteiger partial charge in [0, 0.05) is 24.2 Å². The van der Waals surface area contributed by atoms with Crippen molar-refractivity contribution < 1.29 is 23.5 Å². The normalized spacial score (nSPS) is 10.1. The maximum atomic E-state index is 11.9. The molecule has 0 amide bonds. The second kappa shape index (κ2) is 13.0. The van der Waals surface area contributed by atoms with Crippen LogP contribution in [0.4, 0.5) is 5.69 Å². The summed E-state index contributed by atoms with van der Waals surface area (Å²) in [5.41, 5.74) is 3.53. The molecule has 0 fully saturated rings. The highest BCUT2D eigenvalue weighted by molar-refractivity contribution is 6.17. The number of rotatable bonds is 6. The van der Waals surface area contributed by atoms with Gasteiger partial charge in [0.15, 0.2) is 0 Å². The fourth-order valence-corrected chi connectivity index (χ4v) is 3.39. The molecule has 0 bridgehead atoms. The van der Waals surface area contributed by atoms with Crippen LogP contribution in [0.3, 0.4) is 0 Å². The second-order valence-corrected chi connectivity index (χ2v) is 7.83. The average molecular weight is 521 g/mol. The van der Waals surface area contributed by atoms with Gasteiger partial charge >= 0.3 is 17.6 Å². The van der Waals surface area contributed by atoms with E-state index in [1.165, 1.54) is 20.3 Å². The minimum absolute atomic E-state index is 0.141. The van der Waals surface area contributed by atoms with Crippen molar-refractivity contribution in [3.8, 4) is 11.5 Å². The molecule has 4 rings (SSSR count). The number of carbonyl (C=O) groups excluding carboxylic acids is 2.